The first-order valence-electron chi connectivity index (χ1n) is 8.63. The number of benzene rings is 1. The molecule has 1 heterocycles. The van der Waals surface area contributed by atoms with Crippen molar-refractivity contribution in [2.24, 2.45) is 5.73 Å². The summed E-state index contributed by atoms with van der Waals surface area (Å²) in [6.45, 7) is 4.98. The third kappa shape index (κ3) is 7.23. The lowest BCUT2D eigenvalue weighted by Gasteiger charge is -2.21. The highest BCUT2D eigenvalue weighted by Gasteiger charge is 2.15. The Hall–Kier alpha value is -1.29. The van der Waals surface area contributed by atoms with E-state index in [2.05, 4.69) is 43.1 Å². The Bertz CT molecular complexity index is 581. The quantitative estimate of drug-likeness (QED) is 0.648. The molecule has 1 aromatic heterocycles. The van der Waals surface area contributed by atoms with Gasteiger partial charge in [-0.25, -0.2) is 0 Å². The molecule has 0 aliphatic carbocycles. The van der Waals surface area contributed by atoms with Gasteiger partial charge in [0.05, 0.1) is 6.10 Å². The number of hydrogen-bond donors (Lipinski definition) is 1. The van der Waals surface area contributed by atoms with E-state index in [-0.39, 0.29) is 36.8 Å². The third-order valence-electron chi connectivity index (χ3n) is 4.24. The summed E-state index contributed by atoms with van der Waals surface area (Å²) in [7, 11) is 0. The van der Waals surface area contributed by atoms with Crippen molar-refractivity contribution in [3.63, 3.8) is 0 Å². The van der Waals surface area contributed by atoms with E-state index in [1.54, 1.807) is 6.20 Å². The smallest absolute Gasteiger partial charge is 0.122 e. The molecule has 3 nitrogen and oxygen atoms in total. The molecular weight excluding hydrogens is 355 g/mol. The monoisotopic (exact) mass is 384 g/mol. The first-order valence-corrected chi connectivity index (χ1v) is 8.63. The van der Waals surface area contributed by atoms with Crippen LogP contribution in [0.2, 0.25) is 0 Å². The van der Waals surface area contributed by atoms with E-state index in [4.69, 9.17) is 10.5 Å². The summed E-state index contributed by atoms with van der Waals surface area (Å²) in [6.07, 6.45) is 8.13. The van der Waals surface area contributed by atoms with Crippen LogP contribution in [0.15, 0.2) is 48.8 Å². The predicted molar refractivity (Wildman–Crippen MR) is 110 cm³/mol. The van der Waals surface area contributed by atoms with E-state index in [0.29, 0.717) is 6.54 Å². The maximum absolute atomic E-state index is 6.26. The zero-order chi connectivity index (χ0) is 16.5. The first kappa shape index (κ1) is 23.7. The van der Waals surface area contributed by atoms with Gasteiger partial charge in [-0.1, -0.05) is 44.5 Å². The molecule has 0 spiro atoms. The van der Waals surface area contributed by atoms with Crippen LogP contribution in [0, 0.1) is 0 Å². The van der Waals surface area contributed by atoms with Crippen molar-refractivity contribution in [1.82, 2.24) is 4.98 Å². The van der Waals surface area contributed by atoms with Crippen LogP contribution in [-0.4, -0.2) is 17.6 Å². The molecule has 140 valence electrons. The highest BCUT2D eigenvalue weighted by atomic mass is 35.5. The van der Waals surface area contributed by atoms with E-state index >= 15 is 0 Å². The molecular formula is C20H30Cl2N2O. The molecule has 2 rings (SSSR count). The van der Waals surface area contributed by atoms with E-state index in [1.165, 1.54) is 11.1 Å². The Balaban J connectivity index is 0.00000288. The number of hydrogen-bond acceptors (Lipinski definition) is 3. The minimum atomic E-state index is 0. The summed E-state index contributed by atoms with van der Waals surface area (Å²) in [5, 5.41) is 0. The maximum Gasteiger partial charge on any atom is 0.122 e. The minimum absolute atomic E-state index is 0. The Morgan fingerprint density at radius 3 is 2.44 bits per heavy atom. The second-order valence-corrected chi connectivity index (χ2v) is 5.97. The standard InChI is InChI=1S/C20H28N2O.2ClH/c1-3-8-19(4-2)23-20-11-6-5-9-16(20)13-18(14-21)17-10-7-12-22-15-17;;/h5-7,9-12,15,18-19H,3-4,8,13-14,21H2,1-2H3;2*1H. The van der Waals surface area contributed by atoms with Crippen LogP contribution in [0.1, 0.15) is 50.2 Å². The Kier molecular flexibility index (Phi) is 12.3. The van der Waals surface area contributed by atoms with Crippen molar-refractivity contribution in [2.75, 3.05) is 6.54 Å². The summed E-state index contributed by atoms with van der Waals surface area (Å²) < 4.78 is 6.26. The van der Waals surface area contributed by atoms with Gasteiger partial charge in [0, 0.05) is 18.3 Å². The average molecular weight is 385 g/mol. The number of rotatable bonds is 9. The fourth-order valence-corrected chi connectivity index (χ4v) is 2.86. The van der Waals surface area contributed by atoms with Crippen LogP contribution < -0.4 is 10.5 Å². The summed E-state index contributed by atoms with van der Waals surface area (Å²) >= 11 is 0. The molecule has 25 heavy (non-hydrogen) atoms. The fourth-order valence-electron chi connectivity index (χ4n) is 2.86. The first-order chi connectivity index (χ1) is 11.3. The third-order valence-corrected chi connectivity index (χ3v) is 4.24. The highest BCUT2D eigenvalue weighted by molar-refractivity contribution is 5.85. The van der Waals surface area contributed by atoms with Crippen LogP contribution in [0.5, 0.6) is 5.75 Å². The number of aromatic nitrogens is 1. The number of pyridine rings is 1. The SMILES string of the molecule is CCCC(CC)Oc1ccccc1CC(CN)c1cccnc1.Cl.Cl. The van der Waals surface area contributed by atoms with Crippen molar-refractivity contribution in [2.45, 2.75) is 51.6 Å². The lowest BCUT2D eigenvalue weighted by Crippen LogP contribution is -2.18. The molecule has 0 fully saturated rings. The van der Waals surface area contributed by atoms with Gasteiger partial charge >= 0.3 is 0 Å². The molecule has 2 atom stereocenters. The van der Waals surface area contributed by atoms with Gasteiger partial charge in [-0.3, -0.25) is 4.98 Å². The maximum atomic E-state index is 6.26. The summed E-state index contributed by atoms with van der Waals surface area (Å²) in [5.41, 5.74) is 8.42. The van der Waals surface area contributed by atoms with E-state index < -0.39 is 0 Å². The van der Waals surface area contributed by atoms with Crippen LogP contribution in [0.3, 0.4) is 0 Å². The molecule has 2 aromatic rings. The van der Waals surface area contributed by atoms with Crippen molar-refractivity contribution in [1.29, 1.82) is 0 Å². The van der Waals surface area contributed by atoms with E-state index in [1.807, 2.05) is 18.3 Å². The molecule has 0 amide bonds. The Labute approximate surface area is 164 Å². The van der Waals surface area contributed by atoms with Crippen LogP contribution in [-0.2, 0) is 6.42 Å². The zero-order valence-electron chi connectivity index (χ0n) is 15.1. The van der Waals surface area contributed by atoms with Crippen molar-refractivity contribution in [3.05, 3.63) is 59.9 Å². The van der Waals surface area contributed by atoms with E-state index in [0.717, 1.165) is 31.4 Å². The number of nitrogens with two attached hydrogens (primary N) is 1. The minimum Gasteiger partial charge on any atom is -0.490 e. The van der Waals surface area contributed by atoms with Gasteiger partial charge in [0.15, 0.2) is 0 Å². The van der Waals surface area contributed by atoms with Gasteiger partial charge in [-0.05, 0) is 49.1 Å². The Morgan fingerprint density at radius 1 is 1.08 bits per heavy atom. The van der Waals surface area contributed by atoms with Gasteiger partial charge in [0.2, 0.25) is 0 Å². The normalized spacial score (nSPS) is 12.4. The average Bonchev–Trinajstić information content (AvgIpc) is 2.61. The highest BCUT2D eigenvalue weighted by Crippen LogP contribution is 2.27. The number of para-hydroxylation sites is 1. The largest absolute Gasteiger partial charge is 0.490 e. The van der Waals surface area contributed by atoms with Gasteiger partial charge < -0.3 is 10.5 Å². The topological polar surface area (TPSA) is 48.1 Å². The molecule has 0 radical (unpaired) electrons. The second kappa shape index (κ2) is 13.0. The molecule has 2 N–H and O–H groups in total. The van der Waals surface area contributed by atoms with Crippen molar-refractivity contribution < 1.29 is 4.74 Å². The molecule has 5 heteroatoms. The molecule has 0 saturated heterocycles. The molecule has 0 aliphatic heterocycles. The van der Waals surface area contributed by atoms with Crippen LogP contribution >= 0.6 is 24.8 Å². The predicted octanol–water partition coefficient (Wildman–Crippen LogP) is 5.17. The molecule has 2 unspecified atom stereocenters. The van der Waals surface area contributed by atoms with E-state index in [9.17, 15) is 0 Å². The summed E-state index contributed by atoms with van der Waals surface area (Å²) in [4.78, 5) is 4.22. The van der Waals surface area contributed by atoms with Gasteiger partial charge in [-0.15, -0.1) is 24.8 Å². The van der Waals surface area contributed by atoms with Crippen molar-refractivity contribution in [3.8, 4) is 5.75 Å². The fraction of sp³-hybridized carbons (Fsp3) is 0.450. The number of ether oxygens (including phenoxy) is 1. The molecule has 1 aromatic carbocycles. The molecule has 0 aliphatic rings. The van der Waals surface area contributed by atoms with Gasteiger partial charge in [-0.2, -0.15) is 0 Å². The second-order valence-electron chi connectivity index (χ2n) is 5.97. The molecule has 0 saturated carbocycles. The summed E-state index contributed by atoms with van der Waals surface area (Å²) in [5.74, 6) is 1.26. The lowest BCUT2D eigenvalue weighted by atomic mass is 9.93. The van der Waals surface area contributed by atoms with Gasteiger partial charge in [0.25, 0.3) is 0 Å². The van der Waals surface area contributed by atoms with Crippen molar-refractivity contribution >= 4 is 24.8 Å². The zero-order valence-corrected chi connectivity index (χ0v) is 16.7. The van der Waals surface area contributed by atoms with Crippen LogP contribution in [0.25, 0.3) is 0 Å². The number of nitrogens with zero attached hydrogens (tertiary/aromatic N) is 1. The number of halogens is 2. The van der Waals surface area contributed by atoms with Crippen LogP contribution in [0.4, 0.5) is 0 Å². The Morgan fingerprint density at radius 2 is 1.84 bits per heavy atom. The molecule has 0 bridgehead atoms. The summed E-state index contributed by atoms with van der Waals surface area (Å²) in [6, 6.07) is 12.4. The lowest BCUT2D eigenvalue weighted by molar-refractivity contribution is 0.183. The van der Waals surface area contributed by atoms with Gasteiger partial charge in [0.1, 0.15) is 5.75 Å².